The van der Waals surface area contributed by atoms with Crippen molar-refractivity contribution in [1.82, 2.24) is 19.7 Å². The van der Waals surface area contributed by atoms with E-state index in [2.05, 4.69) is 27.3 Å². The van der Waals surface area contributed by atoms with Crippen LogP contribution < -0.4 is 5.32 Å². The van der Waals surface area contributed by atoms with Gasteiger partial charge in [0.1, 0.15) is 12.4 Å². The molecule has 98 valence electrons. The summed E-state index contributed by atoms with van der Waals surface area (Å²) >= 11 is 0. The molecule has 18 heavy (non-hydrogen) atoms. The Hall–Kier alpha value is -1.69. The Bertz CT molecular complexity index is 536. The summed E-state index contributed by atoms with van der Waals surface area (Å²) in [5.41, 5.74) is 0.817. The molecule has 0 bridgehead atoms. The molecule has 6 nitrogen and oxygen atoms in total. The molecule has 6 heteroatoms. The van der Waals surface area contributed by atoms with Crippen molar-refractivity contribution in [1.29, 1.82) is 0 Å². The van der Waals surface area contributed by atoms with E-state index in [1.165, 1.54) is 0 Å². The maximum absolute atomic E-state index is 5.66. The van der Waals surface area contributed by atoms with E-state index in [9.17, 15) is 0 Å². The van der Waals surface area contributed by atoms with Crippen LogP contribution in [0.3, 0.4) is 0 Å². The average molecular weight is 249 g/mol. The summed E-state index contributed by atoms with van der Waals surface area (Å²) in [6.07, 6.45) is 2.96. The van der Waals surface area contributed by atoms with Crippen LogP contribution in [-0.2, 0) is 18.4 Å². The maximum atomic E-state index is 5.66. The van der Waals surface area contributed by atoms with Gasteiger partial charge in [0.25, 0.3) is 0 Å². The first-order valence-electron chi connectivity index (χ1n) is 6.13. The predicted octanol–water partition coefficient (Wildman–Crippen LogP) is 1.72. The zero-order valence-corrected chi connectivity index (χ0v) is 11.3. The number of aryl methyl sites for hydroxylation is 1. The van der Waals surface area contributed by atoms with Crippen LogP contribution in [0.1, 0.15) is 26.1 Å². The number of rotatable bonds is 5. The van der Waals surface area contributed by atoms with Gasteiger partial charge in [-0.3, -0.25) is 4.68 Å². The minimum Gasteiger partial charge on any atom is -0.372 e. The van der Waals surface area contributed by atoms with Gasteiger partial charge in [-0.05, 0) is 13.3 Å². The van der Waals surface area contributed by atoms with Gasteiger partial charge in [0, 0.05) is 14.1 Å². The molecule has 2 heterocycles. The molecule has 2 aromatic rings. The first kappa shape index (κ1) is 12.8. The molecular weight excluding hydrogens is 230 g/mol. The van der Waals surface area contributed by atoms with E-state index >= 15 is 0 Å². The largest absolute Gasteiger partial charge is 0.372 e. The third kappa shape index (κ3) is 2.43. The van der Waals surface area contributed by atoms with Crippen LogP contribution in [0.4, 0.5) is 5.82 Å². The normalized spacial score (nSPS) is 12.9. The van der Waals surface area contributed by atoms with Crippen molar-refractivity contribution < 1.29 is 4.74 Å². The molecule has 0 amide bonds. The molecule has 0 aliphatic heterocycles. The molecule has 0 fully saturated rings. The zero-order chi connectivity index (χ0) is 13.1. The van der Waals surface area contributed by atoms with Gasteiger partial charge in [-0.2, -0.15) is 5.10 Å². The van der Waals surface area contributed by atoms with Gasteiger partial charge in [-0.25, -0.2) is 9.97 Å². The first-order valence-corrected chi connectivity index (χ1v) is 6.13. The van der Waals surface area contributed by atoms with Gasteiger partial charge in [0.2, 0.25) is 0 Å². The van der Waals surface area contributed by atoms with Crippen molar-refractivity contribution >= 4 is 16.9 Å². The van der Waals surface area contributed by atoms with Gasteiger partial charge in [-0.1, -0.05) is 6.92 Å². The zero-order valence-electron chi connectivity index (χ0n) is 11.3. The lowest BCUT2D eigenvalue weighted by atomic mass is 10.3. The standard InChI is InChI=1S/C12H19N5O/c1-5-8(2)18-7-10-15-11(13-3)9-6-14-17(4)12(9)16-10/h6,8H,5,7H2,1-4H3,(H,13,15,16). The number of anilines is 1. The molecule has 1 atom stereocenters. The second-order valence-corrected chi connectivity index (χ2v) is 4.27. The second-order valence-electron chi connectivity index (χ2n) is 4.27. The smallest absolute Gasteiger partial charge is 0.163 e. The van der Waals surface area contributed by atoms with Crippen molar-refractivity contribution in [3.63, 3.8) is 0 Å². The van der Waals surface area contributed by atoms with E-state index in [-0.39, 0.29) is 6.10 Å². The van der Waals surface area contributed by atoms with Crippen LogP contribution in [0, 0.1) is 0 Å². The van der Waals surface area contributed by atoms with Gasteiger partial charge < -0.3 is 10.1 Å². The monoisotopic (exact) mass is 249 g/mol. The van der Waals surface area contributed by atoms with Crippen LogP contribution in [0.15, 0.2) is 6.20 Å². The first-order chi connectivity index (χ1) is 8.65. The van der Waals surface area contributed by atoms with E-state index in [0.29, 0.717) is 12.4 Å². The number of hydrogen-bond acceptors (Lipinski definition) is 5. The molecule has 0 aromatic carbocycles. The van der Waals surface area contributed by atoms with Crippen molar-refractivity contribution in [2.45, 2.75) is 33.0 Å². The highest BCUT2D eigenvalue weighted by molar-refractivity contribution is 5.86. The van der Waals surface area contributed by atoms with Crippen molar-refractivity contribution in [2.75, 3.05) is 12.4 Å². The summed E-state index contributed by atoms with van der Waals surface area (Å²) in [4.78, 5) is 8.91. The molecule has 0 radical (unpaired) electrons. The topological polar surface area (TPSA) is 64.9 Å². The number of fused-ring (bicyclic) bond motifs is 1. The highest BCUT2D eigenvalue weighted by atomic mass is 16.5. The molecule has 1 unspecified atom stereocenters. The fraction of sp³-hybridized carbons (Fsp3) is 0.583. The summed E-state index contributed by atoms with van der Waals surface area (Å²) < 4.78 is 7.40. The number of aromatic nitrogens is 4. The molecule has 0 aliphatic carbocycles. The highest BCUT2D eigenvalue weighted by Gasteiger charge is 2.11. The van der Waals surface area contributed by atoms with Crippen LogP contribution in [-0.4, -0.2) is 32.9 Å². The minimum absolute atomic E-state index is 0.217. The fourth-order valence-corrected chi connectivity index (χ4v) is 1.66. The molecule has 2 aromatic heterocycles. The Morgan fingerprint density at radius 1 is 1.44 bits per heavy atom. The lowest BCUT2D eigenvalue weighted by Gasteiger charge is -2.10. The summed E-state index contributed by atoms with van der Waals surface area (Å²) in [7, 11) is 3.71. The number of nitrogens with zero attached hydrogens (tertiary/aromatic N) is 4. The third-order valence-corrected chi connectivity index (χ3v) is 2.95. The number of nitrogens with one attached hydrogen (secondary N) is 1. The van der Waals surface area contributed by atoms with E-state index < -0.39 is 0 Å². The van der Waals surface area contributed by atoms with Crippen LogP contribution in [0.5, 0.6) is 0 Å². The number of hydrogen-bond donors (Lipinski definition) is 1. The molecule has 0 spiro atoms. The number of ether oxygens (including phenoxy) is 1. The van der Waals surface area contributed by atoms with E-state index in [4.69, 9.17) is 4.74 Å². The predicted molar refractivity (Wildman–Crippen MR) is 70.4 cm³/mol. The van der Waals surface area contributed by atoms with Crippen molar-refractivity contribution in [3.8, 4) is 0 Å². The summed E-state index contributed by atoms with van der Waals surface area (Å²) in [5.74, 6) is 1.46. The Morgan fingerprint density at radius 3 is 2.89 bits per heavy atom. The Morgan fingerprint density at radius 2 is 2.22 bits per heavy atom. The van der Waals surface area contributed by atoms with Gasteiger partial charge in [0.15, 0.2) is 11.5 Å². The van der Waals surface area contributed by atoms with E-state index in [1.807, 2.05) is 21.0 Å². The third-order valence-electron chi connectivity index (χ3n) is 2.95. The second kappa shape index (κ2) is 5.30. The molecule has 0 saturated heterocycles. The van der Waals surface area contributed by atoms with Crippen LogP contribution in [0.2, 0.25) is 0 Å². The minimum atomic E-state index is 0.217. The molecular formula is C12H19N5O. The van der Waals surface area contributed by atoms with Gasteiger partial charge in [-0.15, -0.1) is 0 Å². The Kier molecular flexibility index (Phi) is 3.76. The van der Waals surface area contributed by atoms with Gasteiger partial charge >= 0.3 is 0 Å². The molecule has 2 rings (SSSR count). The lowest BCUT2D eigenvalue weighted by Crippen LogP contribution is -2.10. The quantitative estimate of drug-likeness (QED) is 0.874. The fourth-order valence-electron chi connectivity index (χ4n) is 1.66. The molecule has 0 saturated carbocycles. The van der Waals surface area contributed by atoms with E-state index in [0.717, 1.165) is 23.3 Å². The Labute approximate surface area is 106 Å². The Balaban J connectivity index is 2.31. The average Bonchev–Trinajstić information content (AvgIpc) is 2.77. The van der Waals surface area contributed by atoms with Crippen LogP contribution in [0.25, 0.3) is 11.0 Å². The summed E-state index contributed by atoms with van der Waals surface area (Å²) in [5, 5.41) is 8.18. The van der Waals surface area contributed by atoms with Crippen LogP contribution >= 0.6 is 0 Å². The molecule has 0 aliphatic rings. The lowest BCUT2D eigenvalue weighted by molar-refractivity contribution is 0.0469. The highest BCUT2D eigenvalue weighted by Crippen LogP contribution is 2.19. The SMILES string of the molecule is CCC(C)OCc1nc(NC)c2cnn(C)c2n1. The van der Waals surface area contributed by atoms with E-state index in [1.54, 1.807) is 10.9 Å². The molecule has 1 N–H and O–H groups in total. The van der Waals surface area contributed by atoms with Crippen molar-refractivity contribution in [2.24, 2.45) is 7.05 Å². The summed E-state index contributed by atoms with van der Waals surface area (Å²) in [6.45, 7) is 4.56. The summed E-state index contributed by atoms with van der Waals surface area (Å²) in [6, 6.07) is 0. The maximum Gasteiger partial charge on any atom is 0.163 e. The van der Waals surface area contributed by atoms with Crippen molar-refractivity contribution in [3.05, 3.63) is 12.0 Å². The van der Waals surface area contributed by atoms with Gasteiger partial charge in [0.05, 0.1) is 17.7 Å².